The number of nitrogens with zero attached hydrogens (tertiary/aromatic N) is 3. The molecule has 3 aromatic carbocycles. The van der Waals surface area contributed by atoms with Gasteiger partial charge in [0.2, 0.25) is 0 Å². The quantitative estimate of drug-likeness (QED) is 0.437. The number of halogens is 1. The van der Waals surface area contributed by atoms with Gasteiger partial charge in [-0.1, -0.05) is 46.3 Å². The number of aromatic nitrogens is 2. The molecule has 0 fully saturated rings. The number of ether oxygens (including phenoxy) is 1. The normalized spacial score (nSPS) is 11.3. The van der Waals surface area contributed by atoms with Crippen molar-refractivity contribution in [2.45, 2.75) is 13.5 Å². The van der Waals surface area contributed by atoms with E-state index in [0.717, 1.165) is 10.0 Å². The van der Waals surface area contributed by atoms with E-state index in [1.54, 1.807) is 36.4 Å². The van der Waals surface area contributed by atoms with Crippen molar-refractivity contribution in [3.63, 3.8) is 0 Å². The minimum Gasteiger partial charge on any atom is -0.507 e. The maximum Gasteiger partial charge on any atom is 0.282 e. The molecular weight excluding hydrogens is 446 g/mol. The highest BCUT2D eigenvalue weighted by atomic mass is 79.9. The Morgan fingerprint density at radius 1 is 1.13 bits per heavy atom. The number of aromatic hydroxyl groups is 1. The first-order chi connectivity index (χ1) is 14.5. The van der Waals surface area contributed by atoms with Gasteiger partial charge in [0.05, 0.1) is 17.1 Å². The average Bonchev–Trinajstić information content (AvgIpc) is 2.75. The first kappa shape index (κ1) is 19.8. The van der Waals surface area contributed by atoms with Gasteiger partial charge in [-0.15, -0.1) is 0 Å². The summed E-state index contributed by atoms with van der Waals surface area (Å²) >= 11 is 3.37. The van der Waals surface area contributed by atoms with E-state index in [-0.39, 0.29) is 17.9 Å². The topological polar surface area (TPSA) is 76.7 Å². The molecule has 150 valence electrons. The van der Waals surface area contributed by atoms with E-state index < -0.39 is 0 Å². The fourth-order valence-electron chi connectivity index (χ4n) is 2.99. The lowest BCUT2D eigenvalue weighted by Gasteiger charge is -2.12. The number of benzene rings is 3. The second-order valence-electron chi connectivity index (χ2n) is 6.66. The monoisotopic (exact) mass is 463 g/mol. The molecule has 30 heavy (non-hydrogen) atoms. The zero-order valence-electron chi connectivity index (χ0n) is 16.1. The Bertz CT molecular complexity index is 1310. The lowest BCUT2D eigenvalue weighted by atomic mass is 10.2. The Balaban J connectivity index is 1.78. The van der Waals surface area contributed by atoms with Gasteiger partial charge >= 0.3 is 0 Å². The second kappa shape index (κ2) is 8.51. The van der Waals surface area contributed by atoms with Crippen LogP contribution in [-0.2, 0) is 6.61 Å². The van der Waals surface area contributed by atoms with Gasteiger partial charge in [0.25, 0.3) is 5.56 Å². The van der Waals surface area contributed by atoms with Gasteiger partial charge in [0.15, 0.2) is 5.82 Å². The second-order valence-corrected chi connectivity index (χ2v) is 7.58. The summed E-state index contributed by atoms with van der Waals surface area (Å²) in [6.07, 6.45) is 1.43. The summed E-state index contributed by atoms with van der Waals surface area (Å²) in [5.41, 5.74) is 1.71. The highest BCUT2D eigenvalue weighted by Crippen LogP contribution is 2.21. The lowest BCUT2D eigenvalue weighted by Crippen LogP contribution is -2.23. The van der Waals surface area contributed by atoms with E-state index in [4.69, 9.17) is 4.74 Å². The van der Waals surface area contributed by atoms with Crippen LogP contribution in [0.1, 0.15) is 17.0 Å². The highest BCUT2D eigenvalue weighted by Gasteiger charge is 2.12. The van der Waals surface area contributed by atoms with Crippen LogP contribution in [0.3, 0.4) is 0 Å². The first-order valence-electron chi connectivity index (χ1n) is 9.25. The Morgan fingerprint density at radius 2 is 1.90 bits per heavy atom. The van der Waals surface area contributed by atoms with E-state index in [9.17, 15) is 9.90 Å². The molecule has 1 heterocycles. The maximum atomic E-state index is 13.1. The molecule has 7 heteroatoms. The third kappa shape index (κ3) is 4.11. The largest absolute Gasteiger partial charge is 0.507 e. The van der Waals surface area contributed by atoms with Crippen LogP contribution in [0.2, 0.25) is 0 Å². The van der Waals surface area contributed by atoms with Crippen LogP contribution in [0.25, 0.3) is 10.9 Å². The fraction of sp³-hybridized carbons (Fsp3) is 0.0870. The molecule has 0 bridgehead atoms. The molecule has 0 saturated heterocycles. The van der Waals surface area contributed by atoms with E-state index >= 15 is 0 Å². The molecule has 0 aliphatic rings. The van der Waals surface area contributed by atoms with Crippen LogP contribution in [0.5, 0.6) is 11.5 Å². The van der Waals surface area contributed by atoms with Crippen LogP contribution in [0.15, 0.2) is 81.1 Å². The molecule has 0 unspecified atom stereocenters. The zero-order chi connectivity index (χ0) is 21.1. The van der Waals surface area contributed by atoms with Crippen molar-refractivity contribution in [2.24, 2.45) is 5.10 Å². The minimum absolute atomic E-state index is 0.0569. The van der Waals surface area contributed by atoms with Gasteiger partial charge in [0.1, 0.15) is 18.1 Å². The summed E-state index contributed by atoms with van der Waals surface area (Å²) < 4.78 is 7.90. The Hall–Kier alpha value is -3.45. The summed E-state index contributed by atoms with van der Waals surface area (Å²) in [5, 5.41) is 14.8. The van der Waals surface area contributed by atoms with Crippen LogP contribution in [0, 0.1) is 6.92 Å². The predicted molar refractivity (Wildman–Crippen MR) is 120 cm³/mol. The van der Waals surface area contributed by atoms with Gasteiger partial charge in [-0.3, -0.25) is 4.79 Å². The number of rotatable bonds is 5. The number of aryl methyl sites for hydroxylation is 1. The van der Waals surface area contributed by atoms with Crippen LogP contribution in [0.4, 0.5) is 0 Å². The van der Waals surface area contributed by atoms with Crippen molar-refractivity contribution in [1.82, 2.24) is 9.66 Å². The van der Waals surface area contributed by atoms with E-state index in [1.807, 2.05) is 37.3 Å². The SMILES string of the molecule is Cc1ccccc1OCc1nc2ccccc2c(=O)n1/N=C/c1cc(Br)ccc1O. The number of para-hydroxylation sites is 2. The van der Waals surface area contributed by atoms with Crippen molar-refractivity contribution in [2.75, 3.05) is 0 Å². The van der Waals surface area contributed by atoms with Gasteiger partial charge in [-0.2, -0.15) is 9.78 Å². The lowest BCUT2D eigenvalue weighted by molar-refractivity contribution is 0.287. The molecule has 0 amide bonds. The number of phenolic OH excluding ortho intramolecular Hbond substituents is 1. The van der Waals surface area contributed by atoms with Gasteiger partial charge in [0, 0.05) is 10.0 Å². The highest BCUT2D eigenvalue weighted by molar-refractivity contribution is 9.10. The van der Waals surface area contributed by atoms with Gasteiger partial charge < -0.3 is 9.84 Å². The summed E-state index contributed by atoms with van der Waals surface area (Å²) in [6.45, 7) is 2.01. The number of hydrogen-bond donors (Lipinski definition) is 1. The summed E-state index contributed by atoms with van der Waals surface area (Å²) in [7, 11) is 0. The number of phenols is 1. The van der Waals surface area contributed by atoms with Crippen LogP contribution < -0.4 is 10.3 Å². The van der Waals surface area contributed by atoms with Crippen molar-refractivity contribution >= 4 is 33.0 Å². The molecule has 4 rings (SSSR count). The van der Waals surface area contributed by atoms with E-state index in [0.29, 0.717) is 28.0 Å². The standard InChI is InChI=1S/C23H18BrN3O3/c1-15-6-2-5-9-21(15)30-14-22-26-19-8-4-3-7-18(19)23(29)27(22)25-13-16-12-17(24)10-11-20(16)28/h2-13,28H,14H2,1H3/b25-13+. The smallest absolute Gasteiger partial charge is 0.282 e. The summed E-state index contributed by atoms with van der Waals surface area (Å²) in [6, 6.07) is 19.7. The minimum atomic E-state index is -0.310. The van der Waals surface area contributed by atoms with Crippen molar-refractivity contribution in [3.8, 4) is 11.5 Å². The third-order valence-corrected chi connectivity index (χ3v) is 5.07. The van der Waals surface area contributed by atoms with Crippen molar-refractivity contribution < 1.29 is 9.84 Å². The Labute approximate surface area is 181 Å². The molecule has 0 spiro atoms. The maximum absolute atomic E-state index is 13.1. The van der Waals surface area contributed by atoms with Crippen molar-refractivity contribution in [1.29, 1.82) is 0 Å². The fourth-order valence-corrected chi connectivity index (χ4v) is 3.37. The molecular formula is C23H18BrN3O3. The molecule has 1 aromatic heterocycles. The molecule has 4 aromatic rings. The molecule has 0 radical (unpaired) electrons. The number of fused-ring (bicyclic) bond motifs is 1. The average molecular weight is 464 g/mol. The molecule has 0 atom stereocenters. The molecule has 6 nitrogen and oxygen atoms in total. The first-order valence-corrected chi connectivity index (χ1v) is 10.0. The number of hydrogen-bond acceptors (Lipinski definition) is 5. The third-order valence-electron chi connectivity index (χ3n) is 4.57. The zero-order valence-corrected chi connectivity index (χ0v) is 17.7. The molecule has 0 aliphatic carbocycles. The Kier molecular flexibility index (Phi) is 5.63. The molecule has 1 N–H and O–H groups in total. The molecule has 0 aliphatic heterocycles. The summed E-state index contributed by atoms with van der Waals surface area (Å²) in [4.78, 5) is 17.7. The van der Waals surface area contributed by atoms with Crippen molar-refractivity contribution in [3.05, 3.63) is 98.5 Å². The molecule has 0 saturated carbocycles. The van der Waals surface area contributed by atoms with Crippen LogP contribution >= 0.6 is 15.9 Å². The summed E-state index contributed by atoms with van der Waals surface area (Å²) in [5.74, 6) is 1.12. The van der Waals surface area contributed by atoms with Gasteiger partial charge in [-0.25, -0.2) is 4.98 Å². The van der Waals surface area contributed by atoms with Crippen LogP contribution in [-0.4, -0.2) is 21.0 Å². The predicted octanol–water partition coefficient (Wildman–Crippen LogP) is 4.63. The van der Waals surface area contributed by atoms with E-state index in [1.165, 1.54) is 10.9 Å². The van der Waals surface area contributed by atoms with E-state index in [2.05, 4.69) is 26.0 Å². The Morgan fingerprint density at radius 3 is 2.73 bits per heavy atom. The van der Waals surface area contributed by atoms with Gasteiger partial charge in [-0.05, 0) is 48.9 Å².